The number of benzene rings is 1. The van der Waals surface area contributed by atoms with Crippen LogP contribution in [0.2, 0.25) is 5.15 Å². The van der Waals surface area contributed by atoms with Gasteiger partial charge in [0.15, 0.2) is 5.69 Å². The van der Waals surface area contributed by atoms with Crippen LogP contribution in [0.15, 0.2) is 42.5 Å². The van der Waals surface area contributed by atoms with E-state index in [2.05, 4.69) is 65.4 Å². The maximum Gasteiger partial charge on any atom is 0.430 e. The van der Waals surface area contributed by atoms with Crippen molar-refractivity contribution in [3.05, 3.63) is 64.4 Å². The highest BCUT2D eigenvalue weighted by molar-refractivity contribution is 6.28. The lowest BCUT2D eigenvalue weighted by Crippen LogP contribution is -2.82. The van der Waals surface area contributed by atoms with Crippen molar-refractivity contribution in [3.8, 4) is 0 Å². The van der Waals surface area contributed by atoms with Crippen LogP contribution < -0.4 is 15.4 Å². The highest BCUT2D eigenvalue weighted by Gasteiger charge is 2.56. The van der Waals surface area contributed by atoms with Crippen LogP contribution in [0, 0.1) is 5.92 Å². The van der Waals surface area contributed by atoms with E-state index in [1.54, 1.807) is 0 Å². The molecule has 1 aromatic heterocycles. The first kappa shape index (κ1) is 31.3. The van der Waals surface area contributed by atoms with Crippen molar-refractivity contribution in [1.29, 1.82) is 0 Å². The number of fused-ring (bicyclic) bond motifs is 2. The number of piperidine rings is 1. The number of nitrogens with two attached hydrogens (primary N) is 1. The number of alkyl halides is 3. The van der Waals surface area contributed by atoms with E-state index >= 15 is 0 Å². The Balaban J connectivity index is 0.000000493. The van der Waals surface area contributed by atoms with Crippen molar-refractivity contribution >= 4 is 23.5 Å². The number of hydrogen-bond donors (Lipinski definition) is 1. The van der Waals surface area contributed by atoms with Crippen molar-refractivity contribution in [2.75, 3.05) is 26.2 Å². The number of ether oxygens (including phenoxy) is 1. The van der Waals surface area contributed by atoms with Gasteiger partial charge in [0.2, 0.25) is 5.91 Å². The predicted molar refractivity (Wildman–Crippen MR) is 144 cm³/mol. The van der Waals surface area contributed by atoms with Gasteiger partial charge in [0.25, 0.3) is 5.15 Å². The van der Waals surface area contributed by atoms with Crippen molar-refractivity contribution in [3.63, 3.8) is 0 Å². The molecule has 3 N–H and O–H groups in total. The molecule has 3 heterocycles. The molecule has 1 spiro atoms. The molecule has 1 aliphatic carbocycles. The zero-order valence-electron chi connectivity index (χ0n) is 23.4. The number of rotatable bonds is 5. The largest absolute Gasteiger partial charge is 0.542 e. The molecule has 2 saturated heterocycles. The molecule has 3 aliphatic rings. The van der Waals surface area contributed by atoms with Crippen LogP contribution in [0.1, 0.15) is 62.3 Å². The molecule has 2 unspecified atom stereocenters. The number of aliphatic carboxylic acids is 1. The number of aromatic nitrogens is 1. The number of pyridine rings is 1. The molecule has 1 aromatic carbocycles. The maximum atomic E-state index is 14.3. The molecule has 2 fully saturated rings. The second-order valence-electron chi connectivity index (χ2n) is 11.5. The van der Waals surface area contributed by atoms with E-state index in [4.69, 9.17) is 26.2 Å². The number of nitrogens with one attached hydrogen (secondary N) is 1. The summed E-state index contributed by atoms with van der Waals surface area (Å²) in [4.78, 5) is 28.6. The molecule has 0 bridgehead atoms. The molecule has 5 rings (SSSR count). The maximum absolute atomic E-state index is 14.3. The molecule has 41 heavy (non-hydrogen) atoms. The number of halogens is 4. The topological polar surface area (TPSA) is 100 Å². The van der Waals surface area contributed by atoms with Gasteiger partial charge in [-0.25, -0.2) is 0 Å². The van der Waals surface area contributed by atoms with Crippen molar-refractivity contribution in [2.45, 2.75) is 75.6 Å². The van der Waals surface area contributed by atoms with Crippen LogP contribution in [0.5, 0.6) is 0 Å². The first-order valence-electron chi connectivity index (χ1n) is 14.2. The lowest BCUT2D eigenvalue weighted by Gasteiger charge is -2.43. The lowest BCUT2D eigenvalue weighted by molar-refractivity contribution is -0.640. The number of carboxylic acids is 1. The minimum Gasteiger partial charge on any atom is -0.542 e. The Morgan fingerprint density at radius 3 is 2.59 bits per heavy atom. The average molecular weight is 597 g/mol. The summed E-state index contributed by atoms with van der Waals surface area (Å²) in [5.41, 5.74) is 3.80. The summed E-state index contributed by atoms with van der Waals surface area (Å²) >= 11 is 6.28. The lowest BCUT2D eigenvalue weighted by atomic mass is 9.65. The van der Waals surface area contributed by atoms with Gasteiger partial charge in [-0.3, -0.25) is 4.79 Å². The molecule has 2 aliphatic heterocycles. The zero-order chi connectivity index (χ0) is 29.8. The van der Waals surface area contributed by atoms with Gasteiger partial charge in [-0.2, -0.15) is 18.2 Å². The van der Waals surface area contributed by atoms with Gasteiger partial charge in [0.05, 0.1) is 37.3 Å². The van der Waals surface area contributed by atoms with Gasteiger partial charge in [-0.05, 0) is 68.7 Å². The number of quaternary nitrogens is 1. The summed E-state index contributed by atoms with van der Waals surface area (Å²) < 4.78 is 37.6. The second-order valence-corrected chi connectivity index (χ2v) is 11.9. The third kappa shape index (κ3) is 7.21. The molecule has 1 amide bonds. The quantitative estimate of drug-likeness (QED) is 0.536. The van der Waals surface area contributed by atoms with Crippen molar-refractivity contribution < 1.29 is 42.9 Å². The standard InChI is InChI=1S/C28H36ClN3O2.C2HF3O2/c1-19(2)34-17-22-15-21(20-7-4-3-5-8-20)12-14-32(22)27(33)24-16-30-18-28(24)13-6-9-25-23(28)10-11-26(29)31-25;3-2(4,5)1(6)7/h3-5,7-8,10-11,19,21-22,24,30H,6,9,12-18H2,1-2H3;(H,6,7)/p+1/t21?,22?,24-,28-;/m0./s1. The van der Waals surface area contributed by atoms with Gasteiger partial charge in [0, 0.05) is 24.6 Å². The Hall–Kier alpha value is -2.69. The number of amides is 1. The highest BCUT2D eigenvalue weighted by Crippen LogP contribution is 2.44. The Labute approximate surface area is 243 Å². The third-order valence-electron chi connectivity index (χ3n) is 8.58. The summed E-state index contributed by atoms with van der Waals surface area (Å²) in [6.45, 7) is 7.39. The van der Waals surface area contributed by atoms with Crippen molar-refractivity contribution in [1.82, 2.24) is 4.90 Å². The fraction of sp³-hybridized carbons (Fsp3) is 0.567. The van der Waals surface area contributed by atoms with E-state index in [-0.39, 0.29) is 23.5 Å². The van der Waals surface area contributed by atoms with E-state index in [0.29, 0.717) is 23.6 Å². The van der Waals surface area contributed by atoms with E-state index in [9.17, 15) is 18.0 Å². The minimum absolute atomic E-state index is 0.00375. The predicted octanol–water partition coefficient (Wildman–Crippen LogP) is 2.42. The Morgan fingerprint density at radius 1 is 1.22 bits per heavy atom. The molecule has 4 atom stereocenters. The fourth-order valence-corrected chi connectivity index (χ4v) is 6.88. The van der Waals surface area contributed by atoms with E-state index in [0.717, 1.165) is 51.7 Å². The summed E-state index contributed by atoms with van der Waals surface area (Å²) in [7, 11) is 0. The van der Waals surface area contributed by atoms with Crippen LogP contribution in [0.4, 0.5) is 13.2 Å². The van der Waals surface area contributed by atoms with Gasteiger partial charge < -0.3 is 24.9 Å². The molecular weight excluding hydrogens is 559 g/mol. The summed E-state index contributed by atoms with van der Waals surface area (Å²) in [6.07, 6.45) is 0.105. The Kier molecular flexibility index (Phi) is 9.97. The third-order valence-corrected chi connectivity index (χ3v) is 8.80. The summed E-state index contributed by atoms with van der Waals surface area (Å²) in [5, 5.41) is 11.8. The van der Waals surface area contributed by atoms with Gasteiger partial charge >= 0.3 is 6.18 Å². The number of nitrogens with zero attached hydrogens (tertiary/aromatic N) is 1. The number of carbonyl (C=O) groups is 2. The number of carboxylic acid groups (broad SMARTS) is 1. The number of hydrogen-bond acceptors (Lipinski definition) is 4. The fourth-order valence-electron chi connectivity index (χ4n) is 6.71. The van der Waals surface area contributed by atoms with Crippen LogP contribution in [-0.2, 0) is 26.2 Å². The molecular formula is C30H38ClF3N3O4+. The van der Waals surface area contributed by atoms with E-state index in [1.165, 1.54) is 16.8 Å². The zero-order valence-corrected chi connectivity index (χ0v) is 24.1. The number of likely N-dealkylation sites (tertiary alicyclic amines) is 1. The first-order valence-corrected chi connectivity index (χ1v) is 14.6. The molecule has 11 heteroatoms. The van der Waals surface area contributed by atoms with Crippen LogP contribution in [0.3, 0.4) is 0 Å². The summed E-state index contributed by atoms with van der Waals surface area (Å²) in [5.74, 6) is -2.22. The normalized spacial score (nSPS) is 25.9. The number of H-pyrrole nitrogens is 1. The van der Waals surface area contributed by atoms with E-state index in [1.807, 2.05) is 6.07 Å². The minimum atomic E-state index is -5.19. The van der Waals surface area contributed by atoms with Gasteiger partial charge in [0.1, 0.15) is 11.9 Å². The van der Waals surface area contributed by atoms with Crippen molar-refractivity contribution in [2.24, 2.45) is 5.92 Å². The SMILES string of the molecule is CC(C)OCC1CC(c2ccccc2)CCN1C(=O)[C@@H]1C[NH2+]C[C@]12CCCc1[nH+]c(Cl)ccc12.O=C([O-])C(F)(F)F. The Bertz CT molecular complexity index is 1210. The molecule has 0 radical (unpaired) electrons. The van der Waals surface area contributed by atoms with Gasteiger partial charge in [-0.1, -0.05) is 30.3 Å². The van der Waals surface area contributed by atoms with E-state index < -0.39 is 12.1 Å². The van der Waals surface area contributed by atoms with Crippen LogP contribution in [0.25, 0.3) is 0 Å². The molecule has 0 saturated carbocycles. The number of carbonyl (C=O) groups excluding carboxylic acids is 2. The number of aromatic amines is 1. The van der Waals surface area contributed by atoms with Crippen LogP contribution >= 0.6 is 11.6 Å². The average Bonchev–Trinajstić information content (AvgIpc) is 3.35. The van der Waals surface area contributed by atoms with Crippen LogP contribution in [-0.4, -0.2) is 61.3 Å². The monoisotopic (exact) mass is 596 g/mol. The molecule has 2 aromatic rings. The number of aryl methyl sites for hydroxylation is 1. The first-order chi connectivity index (χ1) is 19.4. The summed E-state index contributed by atoms with van der Waals surface area (Å²) in [6, 6.07) is 15.0. The molecule has 224 valence electrons. The smallest absolute Gasteiger partial charge is 0.430 e. The van der Waals surface area contributed by atoms with Gasteiger partial charge in [-0.15, -0.1) is 0 Å². The second kappa shape index (κ2) is 13.1. The Morgan fingerprint density at radius 2 is 1.93 bits per heavy atom. The highest BCUT2D eigenvalue weighted by atomic mass is 35.5. The molecule has 7 nitrogen and oxygen atoms in total.